The van der Waals surface area contributed by atoms with Gasteiger partial charge in [-0.2, -0.15) is 13.2 Å². The number of rotatable bonds is 3. The van der Waals surface area contributed by atoms with Crippen LogP contribution in [0.1, 0.15) is 106 Å². The van der Waals surface area contributed by atoms with E-state index in [-0.39, 0.29) is 46.2 Å². The molecule has 11 heteroatoms. The lowest BCUT2D eigenvalue weighted by atomic mass is 9.33. The van der Waals surface area contributed by atoms with E-state index in [4.69, 9.17) is 5.73 Å². The van der Waals surface area contributed by atoms with Gasteiger partial charge in [-0.05, 0) is 110 Å². The van der Waals surface area contributed by atoms with Crippen LogP contribution in [0, 0.1) is 44.8 Å². The van der Waals surface area contributed by atoms with E-state index in [1.54, 1.807) is 0 Å². The summed E-state index contributed by atoms with van der Waals surface area (Å²) in [6.45, 7) is 14.8. The Morgan fingerprint density at radius 1 is 0.952 bits per heavy atom. The number of sulfonamides is 1. The summed E-state index contributed by atoms with van der Waals surface area (Å²) in [5.74, 6) is -0.244. The number of fused-ring (bicyclic) bond motifs is 7. The second kappa shape index (κ2) is 9.21. The number of alkyl halides is 3. The number of amides is 2. The maximum atomic E-state index is 14.4. The first-order chi connectivity index (χ1) is 19.0. The smallest absolute Gasteiger partial charge is 0.352 e. The van der Waals surface area contributed by atoms with Crippen LogP contribution < -0.4 is 15.8 Å². The van der Waals surface area contributed by atoms with Crippen molar-refractivity contribution in [2.45, 2.75) is 123 Å². The second-order valence-electron chi connectivity index (χ2n) is 16.2. The summed E-state index contributed by atoms with van der Waals surface area (Å²) < 4.78 is 66.1. The van der Waals surface area contributed by atoms with Gasteiger partial charge >= 0.3 is 21.6 Å². The molecule has 0 aromatic rings. The average Bonchev–Trinajstić information content (AvgIpc) is 2.82. The van der Waals surface area contributed by atoms with Gasteiger partial charge in [0.2, 0.25) is 0 Å². The van der Waals surface area contributed by atoms with E-state index in [2.05, 4.69) is 33.0 Å². The topological polar surface area (TPSA) is 118 Å². The Morgan fingerprint density at radius 3 is 2.17 bits per heavy atom. The summed E-state index contributed by atoms with van der Waals surface area (Å²) in [6.07, 6.45) is 8.50. The van der Waals surface area contributed by atoms with Crippen LogP contribution in [0.4, 0.5) is 18.0 Å². The van der Waals surface area contributed by atoms with Gasteiger partial charge < -0.3 is 11.1 Å². The third-order valence-corrected chi connectivity index (χ3v) is 14.8. The predicted molar refractivity (Wildman–Crippen MR) is 154 cm³/mol. The minimum Gasteiger partial charge on any atom is -0.352 e. The molecule has 5 aliphatic rings. The Balaban J connectivity index is 1.53. The minimum absolute atomic E-state index is 0.0183. The molecule has 7 nitrogen and oxygen atoms in total. The molecular formula is C31H48F3N3O4S. The summed E-state index contributed by atoms with van der Waals surface area (Å²) in [4.78, 5) is 26.3. The molecule has 5 rings (SSSR count). The van der Waals surface area contributed by atoms with E-state index in [1.807, 2.05) is 31.6 Å². The highest BCUT2D eigenvalue weighted by molar-refractivity contribution is 7.90. The number of carbonyl (C=O) groups is 2. The molecule has 0 radical (unpaired) electrons. The molecule has 4 fully saturated rings. The van der Waals surface area contributed by atoms with Crippen LogP contribution in [0.5, 0.6) is 0 Å². The van der Waals surface area contributed by atoms with E-state index in [0.29, 0.717) is 12.8 Å². The van der Waals surface area contributed by atoms with Crippen LogP contribution in [-0.2, 0) is 14.8 Å². The van der Waals surface area contributed by atoms with E-state index in [0.717, 1.165) is 38.5 Å². The number of primary amides is 1. The zero-order valence-electron chi connectivity index (χ0n) is 26.0. The number of urea groups is 1. The van der Waals surface area contributed by atoms with Crippen LogP contribution in [0.2, 0.25) is 0 Å². The van der Waals surface area contributed by atoms with Gasteiger partial charge in [0.1, 0.15) is 0 Å². The molecule has 42 heavy (non-hydrogen) atoms. The third kappa shape index (κ3) is 4.32. The van der Waals surface area contributed by atoms with E-state index < -0.39 is 44.0 Å². The molecule has 4 N–H and O–H groups in total. The molecule has 0 bridgehead atoms. The zero-order chi connectivity index (χ0) is 31.5. The van der Waals surface area contributed by atoms with Gasteiger partial charge in [0.25, 0.3) is 0 Å². The average molecular weight is 616 g/mol. The molecule has 0 spiro atoms. The Morgan fingerprint density at radius 2 is 1.57 bits per heavy atom. The monoisotopic (exact) mass is 615 g/mol. The van der Waals surface area contributed by atoms with Gasteiger partial charge in [0, 0.05) is 17.5 Å². The van der Waals surface area contributed by atoms with E-state index in [9.17, 15) is 31.2 Å². The van der Waals surface area contributed by atoms with Crippen LogP contribution >= 0.6 is 0 Å². The lowest BCUT2D eigenvalue weighted by Gasteiger charge is -2.70. The SMILES string of the molecule is CC1(C)[C@@H](NS(=O)(=O)C(F)(F)F)CC[C@]2(C)[C@H]3C(=O)C=C4[C@@H]5C[C@@](C)(NC(N)=O)CC[C@]5(C)CC[C@@]4(C)[C@]3(C)CC[C@@H]12. The quantitative estimate of drug-likeness (QED) is 0.351. The molecule has 0 saturated heterocycles. The number of carbonyl (C=O) groups excluding carboxylic acids is 2. The number of halogens is 3. The Hall–Kier alpha value is -1.62. The molecule has 238 valence electrons. The highest BCUT2D eigenvalue weighted by Crippen LogP contribution is 2.74. The Labute approximate surface area is 248 Å². The van der Waals surface area contributed by atoms with Gasteiger partial charge in [-0.25, -0.2) is 17.9 Å². The molecule has 5 aliphatic carbocycles. The maximum absolute atomic E-state index is 14.4. The maximum Gasteiger partial charge on any atom is 0.511 e. The number of hydrogen-bond donors (Lipinski definition) is 3. The predicted octanol–water partition coefficient (Wildman–Crippen LogP) is 6.20. The first kappa shape index (κ1) is 31.8. The van der Waals surface area contributed by atoms with Crippen molar-refractivity contribution >= 4 is 21.8 Å². The lowest BCUT2D eigenvalue weighted by Crippen LogP contribution is -2.68. The summed E-state index contributed by atoms with van der Waals surface area (Å²) in [6, 6.07) is -1.41. The highest BCUT2D eigenvalue weighted by atomic mass is 32.2. The fourth-order valence-electron chi connectivity index (χ4n) is 11.1. The van der Waals surface area contributed by atoms with Gasteiger partial charge in [-0.15, -0.1) is 0 Å². The van der Waals surface area contributed by atoms with Crippen molar-refractivity contribution in [3.05, 3.63) is 11.6 Å². The lowest BCUT2D eigenvalue weighted by molar-refractivity contribution is -0.187. The molecule has 0 aliphatic heterocycles. The fourth-order valence-corrected chi connectivity index (χ4v) is 12.0. The van der Waals surface area contributed by atoms with Crippen LogP contribution in [-0.4, -0.2) is 37.3 Å². The van der Waals surface area contributed by atoms with Crippen molar-refractivity contribution in [3.63, 3.8) is 0 Å². The van der Waals surface area contributed by atoms with Crippen molar-refractivity contribution < 1.29 is 31.2 Å². The van der Waals surface area contributed by atoms with Gasteiger partial charge in [-0.3, -0.25) is 4.79 Å². The van der Waals surface area contributed by atoms with Crippen LogP contribution in [0.25, 0.3) is 0 Å². The molecule has 4 saturated carbocycles. The number of nitrogens with one attached hydrogen (secondary N) is 2. The molecule has 9 atom stereocenters. The number of nitrogens with two attached hydrogens (primary N) is 1. The number of allylic oxidation sites excluding steroid dienone is 2. The number of hydrogen-bond acceptors (Lipinski definition) is 4. The summed E-state index contributed by atoms with van der Waals surface area (Å²) >= 11 is 0. The molecule has 0 heterocycles. The van der Waals surface area contributed by atoms with Crippen molar-refractivity contribution in [1.82, 2.24) is 10.0 Å². The minimum atomic E-state index is -5.49. The largest absolute Gasteiger partial charge is 0.511 e. The second-order valence-corrected chi connectivity index (χ2v) is 17.9. The molecule has 0 aromatic heterocycles. The normalized spacial score (nSPS) is 46.8. The molecule has 0 aromatic carbocycles. The summed E-state index contributed by atoms with van der Waals surface area (Å²) in [5.41, 5.74) is -0.966. The van der Waals surface area contributed by atoms with Crippen LogP contribution in [0.3, 0.4) is 0 Å². The van der Waals surface area contributed by atoms with Crippen molar-refractivity contribution in [1.29, 1.82) is 0 Å². The third-order valence-electron chi connectivity index (χ3n) is 13.6. The van der Waals surface area contributed by atoms with Gasteiger partial charge in [0.05, 0.1) is 0 Å². The first-order valence-corrected chi connectivity index (χ1v) is 16.9. The standard InChI is InChI=1S/C31H48F3N3O4S/c1-25(2)21-8-11-30(7)23(28(21,5)10-9-22(25)37-42(40,41)31(32,33)34)20(38)16-18-19-17-27(4,36-24(35)39)14-12-26(19,3)13-15-29(18,30)6/h16,19,21-23,37H,8-15,17H2,1-7H3,(H3,35,36,39)/t19-,21-,22-,23+,26+,27-,28-,29+,30+/m0/s1. The van der Waals surface area contributed by atoms with Gasteiger partial charge in [0.15, 0.2) is 5.78 Å². The van der Waals surface area contributed by atoms with Crippen molar-refractivity contribution in [3.8, 4) is 0 Å². The highest BCUT2D eigenvalue weighted by Gasteiger charge is 2.70. The molecule has 2 amide bonds. The summed E-state index contributed by atoms with van der Waals surface area (Å²) in [5, 5.41) is 2.98. The fraction of sp³-hybridized carbons (Fsp3) is 0.871. The van der Waals surface area contributed by atoms with E-state index in [1.165, 1.54) is 5.57 Å². The van der Waals surface area contributed by atoms with Crippen molar-refractivity contribution in [2.75, 3.05) is 0 Å². The Bertz CT molecular complexity index is 1330. The zero-order valence-corrected chi connectivity index (χ0v) is 26.8. The first-order valence-electron chi connectivity index (χ1n) is 15.4. The molecular weight excluding hydrogens is 567 g/mol. The molecule has 0 unspecified atom stereocenters. The van der Waals surface area contributed by atoms with Gasteiger partial charge in [-0.1, -0.05) is 47.1 Å². The summed E-state index contributed by atoms with van der Waals surface area (Å²) in [7, 11) is -5.49. The number of ketones is 1. The van der Waals surface area contributed by atoms with Crippen molar-refractivity contribution in [2.24, 2.45) is 50.6 Å². The van der Waals surface area contributed by atoms with E-state index >= 15 is 0 Å². The van der Waals surface area contributed by atoms with Crippen LogP contribution in [0.15, 0.2) is 11.6 Å². The Kier molecular flexibility index (Phi) is 6.97.